The van der Waals surface area contributed by atoms with Crippen molar-refractivity contribution in [2.24, 2.45) is 5.92 Å². The van der Waals surface area contributed by atoms with Crippen LogP contribution in [-0.4, -0.2) is 23.2 Å². The van der Waals surface area contributed by atoms with Crippen molar-refractivity contribution in [2.75, 3.05) is 6.54 Å². The number of H-pyrrole nitrogens is 1. The number of hydrogen-bond donors (Lipinski definition) is 2. The molecule has 1 amide bonds. The Balaban J connectivity index is 1.55. The number of carbonyl (C=O) groups is 2. The van der Waals surface area contributed by atoms with Gasteiger partial charge in [0.1, 0.15) is 0 Å². The number of ketones is 1. The Bertz CT molecular complexity index is 669. The number of benzene rings is 1. The maximum atomic E-state index is 12.1. The zero-order chi connectivity index (χ0) is 15.4. The third kappa shape index (κ3) is 3.38. The van der Waals surface area contributed by atoms with Crippen LogP contribution in [0.1, 0.15) is 37.7 Å². The molecule has 116 valence electrons. The van der Waals surface area contributed by atoms with Crippen LogP contribution < -0.4 is 5.32 Å². The van der Waals surface area contributed by atoms with Gasteiger partial charge >= 0.3 is 0 Å². The molecule has 0 spiro atoms. The number of amides is 1. The molecular formula is C18H22N2O2. The Labute approximate surface area is 130 Å². The summed E-state index contributed by atoms with van der Waals surface area (Å²) in [5, 5.41) is 3.82. The van der Waals surface area contributed by atoms with Crippen molar-refractivity contribution in [1.29, 1.82) is 0 Å². The Morgan fingerprint density at radius 2 is 1.91 bits per heavy atom. The Hall–Kier alpha value is -2.10. The number of aromatic nitrogens is 1. The number of nitrogens with one attached hydrogen (secondary N) is 2. The van der Waals surface area contributed by atoms with E-state index >= 15 is 0 Å². The van der Waals surface area contributed by atoms with E-state index in [-0.39, 0.29) is 12.2 Å². The van der Waals surface area contributed by atoms with Gasteiger partial charge in [0.2, 0.25) is 5.78 Å². The van der Waals surface area contributed by atoms with Gasteiger partial charge in [0.25, 0.3) is 5.91 Å². The topological polar surface area (TPSA) is 62.0 Å². The summed E-state index contributed by atoms with van der Waals surface area (Å²) >= 11 is 0. The van der Waals surface area contributed by atoms with Crippen LogP contribution in [0.2, 0.25) is 0 Å². The summed E-state index contributed by atoms with van der Waals surface area (Å²) in [5.41, 5.74) is 1.88. The third-order valence-electron chi connectivity index (χ3n) is 4.56. The maximum absolute atomic E-state index is 12.1. The first-order valence-corrected chi connectivity index (χ1v) is 8.10. The molecule has 0 saturated heterocycles. The van der Waals surface area contributed by atoms with E-state index in [9.17, 15) is 9.59 Å². The minimum Gasteiger partial charge on any atom is -0.361 e. The van der Waals surface area contributed by atoms with Crippen molar-refractivity contribution in [2.45, 2.75) is 38.5 Å². The van der Waals surface area contributed by atoms with Crippen LogP contribution >= 0.6 is 0 Å². The first-order valence-electron chi connectivity index (χ1n) is 8.10. The van der Waals surface area contributed by atoms with E-state index in [1.807, 2.05) is 30.5 Å². The minimum atomic E-state index is -0.448. The highest BCUT2D eigenvalue weighted by atomic mass is 16.2. The second-order valence-corrected chi connectivity index (χ2v) is 6.17. The predicted octanol–water partition coefficient (Wildman–Crippen LogP) is 2.98. The summed E-state index contributed by atoms with van der Waals surface area (Å²) in [5.74, 6) is -0.269. The Morgan fingerprint density at radius 1 is 1.14 bits per heavy atom. The monoisotopic (exact) mass is 298 g/mol. The molecule has 22 heavy (non-hydrogen) atoms. The largest absolute Gasteiger partial charge is 0.361 e. The molecule has 1 aliphatic rings. The van der Waals surface area contributed by atoms with E-state index in [1.165, 1.54) is 19.3 Å². The van der Waals surface area contributed by atoms with Crippen molar-refractivity contribution < 1.29 is 9.59 Å². The number of para-hydroxylation sites is 1. The van der Waals surface area contributed by atoms with Gasteiger partial charge in [-0.15, -0.1) is 0 Å². The second-order valence-electron chi connectivity index (χ2n) is 6.17. The van der Waals surface area contributed by atoms with Crippen molar-refractivity contribution in [3.8, 4) is 0 Å². The molecule has 0 aliphatic heterocycles. The first kappa shape index (κ1) is 14.8. The zero-order valence-corrected chi connectivity index (χ0v) is 12.7. The van der Waals surface area contributed by atoms with Gasteiger partial charge in [0.15, 0.2) is 0 Å². The summed E-state index contributed by atoms with van der Waals surface area (Å²) in [6, 6.07) is 7.81. The van der Waals surface area contributed by atoms with Gasteiger partial charge < -0.3 is 10.3 Å². The fourth-order valence-electron chi connectivity index (χ4n) is 3.26. The fourth-order valence-corrected chi connectivity index (χ4v) is 3.26. The van der Waals surface area contributed by atoms with Crippen molar-refractivity contribution in [3.05, 3.63) is 36.0 Å². The fraction of sp³-hybridized carbons (Fsp3) is 0.444. The highest BCUT2D eigenvalue weighted by molar-refractivity contribution is 6.36. The molecule has 1 aliphatic carbocycles. The highest BCUT2D eigenvalue weighted by Gasteiger charge is 2.19. The van der Waals surface area contributed by atoms with Gasteiger partial charge in [-0.3, -0.25) is 9.59 Å². The van der Waals surface area contributed by atoms with Crippen LogP contribution in [0.15, 0.2) is 30.5 Å². The summed E-state index contributed by atoms with van der Waals surface area (Å²) in [6.45, 7) is 0.637. The quantitative estimate of drug-likeness (QED) is 0.834. The molecule has 2 N–H and O–H groups in total. The molecule has 3 rings (SSSR count). The second kappa shape index (κ2) is 6.77. The number of hydrogen-bond acceptors (Lipinski definition) is 2. The molecule has 1 heterocycles. The highest BCUT2D eigenvalue weighted by Crippen LogP contribution is 2.22. The number of Topliss-reactive ketones (excluding diaryl/α,β-unsaturated/α-hetero) is 1. The smallest absolute Gasteiger partial charge is 0.287 e. The van der Waals surface area contributed by atoms with Crippen LogP contribution in [-0.2, 0) is 16.0 Å². The molecule has 0 atom stereocenters. The first-order chi connectivity index (χ1) is 10.7. The average Bonchev–Trinajstić information content (AvgIpc) is 2.97. The van der Waals surface area contributed by atoms with Crippen LogP contribution in [0.5, 0.6) is 0 Å². The summed E-state index contributed by atoms with van der Waals surface area (Å²) in [4.78, 5) is 27.2. The van der Waals surface area contributed by atoms with E-state index in [2.05, 4.69) is 10.3 Å². The van der Waals surface area contributed by atoms with Crippen LogP contribution in [0.25, 0.3) is 10.9 Å². The number of rotatable bonds is 5. The predicted molar refractivity (Wildman–Crippen MR) is 86.6 cm³/mol. The van der Waals surface area contributed by atoms with E-state index in [0.717, 1.165) is 29.3 Å². The molecule has 0 bridgehead atoms. The lowest BCUT2D eigenvalue weighted by Gasteiger charge is -2.21. The number of fused-ring (bicyclic) bond motifs is 1. The normalized spacial score (nSPS) is 15.8. The maximum Gasteiger partial charge on any atom is 0.287 e. The van der Waals surface area contributed by atoms with E-state index in [0.29, 0.717) is 12.5 Å². The SMILES string of the molecule is O=C(Cc1c[nH]c2ccccc12)C(=O)NCC1CCCCC1. The molecular weight excluding hydrogens is 276 g/mol. The van der Waals surface area contributed by atoms with Gasteiger partial charge in [0.05, 0.1) is 0 Å². The molecule has 1 fully saturated rings. The summed E-state index contributed by atoms with van der Waals surface area (Å²) in [7, 11) is 0. The Morgan fingerprint density at radius 3 is 2.73 bits per heavy atom. The molecule has 1 aromatic carbocycles. The lowest BCUT2D eigenvalue weighted by molar-refractivity contribution is -0.137. The number of carbonyl (C=O) groups excluding carboxylic acids is 2. The van der Waals surface area contributed by atoms with Gasteiger partial charge in [-0.1, -0.05) is 37.5 Å². The molecule has 0 unspecified atom stereocenters. The van der Waals surface area contributed by atoms with E-state index in [4.69, 9.17) is 0 Å². The zero-order valence-electron chi connectivity index (χ0n) is 12.7. The van der Waals surface area contributed by atoms with Gasteiger partial charge in [-0.2, -0.15) is 0 Å². The summed E-state index contributed by atoms with van der Waals surface area (Å²) in [6.07, 6.45) is 8.07. The number of aromatic amines is 1. The lowest BCUT2D eigenvalue weighted by Crippen LogP contribution is -2.36. The lowest BCUT2D eigenvalue weighted by atomic mass is 9.89. The molecule has 4 nitrogen and oxygen atoms in total. The van der Waals surface area contributed by atoms with E-state index in [1.54, 1.807) is 0 Å². The third-order valence-corrected chi connectivity index (χ3v) is 4.56. The van der Waals surface area contributed by atoms with Crippen LogP contribution in [0, 0.1) is 5.92 Å². The van der Waals surface area contributed by atoms with Crippen molar-refractivity contribution in [3.63, 3.8) is 0 Å². The summed E-state index contributed by atoms with van der Waals surface area (Å²) < 4.78 is 0. The van der Waals surface area contributed by atoms with Crippen molar-refractivity contribution >= 4 is 22.6 Å². The van der Waals surface area contributed by atoms with Crippen molar-refractivity contribution in [1.82, 2.24) is 10.3 Å². The van der Waals surface area contributed by atoms with Crippen LogP contribution in [0.3, 0.4) is 0 Å². The molecule has 4 heteroatoms. The molecule has 1 aromatic heterocycles. The minimum absolute atomic E-state index is 0.153. The molecule has 1 saturated carbocycles. The van der Waals surface area contributed by atoms with Gasteiger partial charge in [0, 0.05) is 30.1 Å². The Kier molecular flexibility index (Phi) is 4.56. The van der Waals surface area contributed by atoms with E-state index < -0.39 is 5.91 Å². The van der Waals surface area contributed by atoms with Gasteiger partial charge in [-0.25, -0.2) is 0 Å². The molecule has 2 aromatic rings. The molecule has 0 radical (unpaired) electrons. The standard InChI is InChI=1S/C18H22N2O2/c21-17(18(22)20-11-13-6-2-1-3-7-13)10-14-12-19-16-9-5-4-8-15(14)16/h4-5,8-9,12-13,19H,1-3,6-7,10-11H2,(H,20,22). The van der Waals surface area contributed by atoms with Gasteiger partial charge in [-0.05, 0) is 30.4 Å². The van der Waals surface area contributed by atoms with Crippen LogP contribution in [0.4, 0.5) is 0 Å². The average molecular weight is 298 g/mol.